The number of hydrogen-bond acceptors (Lipinski definition) is 6. The van der Waals surface area contributed by atoms with E-state index in [1.165, 1.54) is 5.56 Å². The summed E-state index contributed by atoms with van der Waals surface area (Å²) < 4.78 is 0. The third-order valence-electron chi connectivity index (χ3n) is 4.49. The lowest BCUT2D eigenvalue weighted by atomic mass is 9.97. The van der Waals surface area contributed by atoms with Crippen LogP contribution in [0.15, 0.2) is 42.7 Å². The summed E-state index contributed by atoms with van der Waals surface area (Å²) in [5.74, 6) is -0.388. The summed E-state index contributed by atoms with van der Waals surface area (Å²) in [7, 11) is 0. The second-order valence-electron chi connectivity index (χ2n) is 5.97. The molecule has 1 aromatic carbocycles. The number of carboxylic acids is 1. The van der Waals surface area contributed by atoms with Crippen molar-refractivity contribution >= 4 is 33.3 Å². The Morgan fingerprint density at radius 2 is 1.92 bits per heavy atom. The van der Waals surface area contributed by atoms with Gasteiger partial charge in [-0.05, 0) is 24.5 Å². The third kappa shape index (κ3) is 2.73. The number of carbonyl (C=O) groups excluding carboxylic acids is 1. The van der Waals surface area contributed by atoms with Crippen molar-refractivity contribution in [3.05, 3.63) is 42.7 Å². The van der Waals surface area contributed by atoms with E-state index in [-0.39, 0.29) is 5.92 Å². The molecular weight excluding hydrogens is 322 g/mol. The molecule has 1 fully saturated rings. The van der Waals surface area contributed by atoms with E-state index in [4.69, 9.17) is 0 Å². The van der Waals surface area contributed by atoms with E-state index in [9.17, 15) is 9.90 Å². The van der Waals surface area contributed by atoms with Gasteiger partial charge in [0.15, 0.2) is 0 Å². The van der Waals surface area contributed by atoms with E-state index in [0.717, 1.165) is 20.9 Å². The van der Waals surface area contributed by atoms with Gasteiger partial charge in [-0.25, -0.2) is 9.97 Å². The van der Waals surface area contributed by atoms with Crippen molar-refractivity contribution in [1.82, 2.24) is 9.97 Å². The molecule has 3 aromatic rings. The molecule has 24 heavy (non-hydrogen) atoms. The number of hydrogen-bond donors (Lipinski definition) is 0. The molecule has 122 valence electrons. The fourth-order valence-electron chi connectivity index (χ4n) is 3.17. The fourth-order valence-corrected chi connectivity index (χ4v) is 4.17. The van der Waals surface area contributed by atoms with E-state index in [0.29, 0.717) is 25.9 Å². The van der Waals surface area contributed by atoms with Crippen LogP contribution >= 0.6 is 11.3 Å². The molecule has 3 heterocycles. The number of fused-ring (bicyclic) bond motifs is 1. The molecule has 2 aromatic heterocycles. The molecule has 0 unspecified atom stereocenters. The topological polar surface area (TPSA) is 69.2 Å². The Balaban J connectivity index is 1.67. The van der Waals surface area contributed by atoms with Crippen LogP contribution in [0, 0.1) is 5.92 Å². The molecule has 0 radical (unpaired) electrons. The SMILES string of the molecule is O=C([O-])C1CCN(c2ncnc3sc(-c4ccccc4)cc23)CC1. The van der Waals surface area contributed by atoms with Crippen LogP contribution in [0.5, 0.6) is 0 Å². The van der Waals surface area contributed by atoms with Gasteiger partial charge >= 0.3 is 0 Å². The van der Waals surface area contributed by atoms with E-state index >= 15 is 0 Å². The number of rotatable bonds is 3. The zero-order valence-corrected chi connectivity index (χ0v) is 13.8. The van der Waals surface area contributed by atoms with Crippen molar-refractivity contribution in [1.29, 1.82) is 0 Å². The van der Waals surface area contributed by atoms with Crippen molar-refractivity contribution in [3.8, 4) is 10.4 Å². The van der Waals surface area contributed by atoms with Gasteiger partial charge in [0, 0.05) is 29.9 Å². The van der Waals surface area contributed by atoms with Gasteiger partial charge in [0.1, 0.15) is 17.0 Å². The molecule has 0 N–H and O–H groups in total. The van der Waals surface area contributed by atoms with Gasteiger partial charge < -0.3 is 14.8 Å². The lowest BCUT2D eigenvalue weighted by molar-refractivity contribution is -0.312. The Bertz CT molecular complexity index is 870. The number of piperidine rings is 1. The molecule has 0 saturated carbocycles. The average Bonchev–Trinajstić information content (AvgIpc) is 3.07. The molecule has 0 atom stereocenters. The maximum absolute atomic E-state index is 11.0. The Morgan fingerprint density at radius 1 is 1.17 bits per heavy atom. The number of thiophene rings is 1. The summed E-state index contributed by atoms with van der Waals surface area (Å²) in [6.45, 7) is 1.36. The summed E-state index contributed by atoms with van der Waals surface area (Å²) in [6.07, 6.45) is 2.79. The Kier molecular flexibility index (Phi) is 3.90. The number of benzene rings is 1. The van der Waals surface area contributed by atoms with Gasteiger partial charge in [0.25, 0.3) is 0 Å². The molecule has 0 bridgehead atoms. The van der Waals surface area contributed by atoms with Crippen LogP contribution in [0.3, 0.4) is 0 Å². The molecule has 0 spiro atoms. The smallest absolute Gasteiger partial charge is 0.140 e. The first kappa shape index (κ1) is 15.1. The number of aromatic nitrogens is 2. The number of aliphatic carboxylic acids is 1. The van der Waals surface area contributed by atoms with Gasteiger partial charge in [-0.2, -0.15) is 0 Å². The van der Waals surface area contributed by atoms with E-state index in [1.807, 2.05) is 18.2 Å². The number of carbonyl (C=O) groups is 1. The maximum Gasteiger partial charge on any atom is 0.140 e. The lowest BCUT2D eigenvalue weighted by Gasteiger charge is -2.33. The van der Waals surface area contributed by atoms with Crippen molar-refractivity contribution in [3.63, 3.8) is 0 Å². The monoisotopic (exact) mass is 338 g/mol. The summed E-state index contributed by atoms with van der Waals surface area (Å²) in [5, 5.41) is 12.1. The van der Waals surface area contributed by atoms with Crippen LogP contribution in [-0.2, 0) is 4.79 Å². The van der Waals surface area contributed by atoms with Gasteiger partial charge in [-0.3, -0.25) is 0 Å². The van der Waals surface area contributed by atoms with Crippen molar-refractivity contribution in [2.75, 3.05) is 18.0 Å². The first-order chi connectivity index (χ1) is 11.7. The first-order valence-corrected chi connectivity index (χ1v) is 8.80. The number of carboxylic acid groups (broad SMARTS) is 1. The largest absolute Gasteiger partial charge is 0.550 e. The second-order valence-corrected chi connectivity index (χ2v) is 7.00. The molecule has 1 aliphatic heterocycles. The van der Waals surface area contributed by atoms with E-state index in [2.05, 4.69) is 33.1 Å². The normalized spacial score (nSPS) is 15.8. The second kappa shape index (κ2) is 6.20. The minimum Gasteiger partial charge on any atom is -0.550 e. The quantitative estimate of drug-likeness (QED) is 0.733. The molecule has 1 saturated heterocycles. The molecule has 0 aliphatic carbocycles. The van der Waals surface area contributed by atoms with Crippen LogP contribution in [0.1, 0.15) is 12.8 Å². The zero-order chi connectivity index (χ0) is 16.5. The van der Waals surface area contributed by atoms with E-state index in [1.54, 1.807) is 17.7 Å². The highest BCUT2D eigenvalue weighted by Crippen LogP contribution is 2.36. The molecule has 5 nitrogen and oxygen atoms in total. The zero-order valence-electron chi connectivity index (χ0n) is 13.0. The van der Waals surface area contributed by atoms with Crippen molar-refractivity contribution in [2.45, 2.75) is 12.8 Å². The fraction of sp³-hybridized carbons (Fsp3) is 0.278. The summed E-state index contributed by atoms with van der Waals surface area (Å²) in [5.41, 5.74) is 1.17. The average molecular weight is 338 g/mol. The highest BCUT2D eigenvalue weighted by atomic mass is 32.1. The van der Waals surface area contributed by atoms with Gasteiger partial charge in [0.05, 0.1) is 5.39 Å². The summed E-state index contributed by atoms with van der Waals surface area (Å²) in [6, 6.07) is 12.4. The summed E-state index contributed by atoms with van der Waals surface area (Å²) >= 11 is 1.65. The summed E-state index contributed by atoms with van der Waals surface area (Å²) in [4.78, 5) is 24.2. The van der Waals surface area contributed by atoms with Crippen LogP contribution in [-0.4, -0.2) is 29.0 Å². The van der Waals surface area contributed by atoms with Gasteiger partial charge in [-0.15, -0.1) is 11.3 Å². The first-order valence-electron chi connectivity index (χ1n) is 7.98. The Morgan fingerprint density at radius 3 is 2.62 bits per heavy atom. The highest BCUT2D eigenvalue weighted by Gasteiger charge is 2.23. The molecule has 6 heteroatoms. The molecule has 1 aliphatic rings. The van der Waals surface area contributed by atoms with Crippen LogP contribution in [0.4, 0.5) is 5.82 Å². The van der Waals surface area contributed by atoms with Crippen LogP contribution in [0.25, 0.3) is 20.7 Å². The molecule has 4 rings (SSSR count). The Labute approximate surface area is 143 Å². The number of nitrogens with zero attached hydrogens (tertiary/aromatic N) is 3. The highest BCUT2D eigenvalue weighted by molar-refractivity contribution is 7.21. The minimum absolute atomic E-state index is 0.346. The predicted molar refractivity (Wildman–Crippen MR) is 92.8 cm³/mol. The Hall–Kier alpha value is -2.47. The third-order valence-corrected chi connectivity index (χ3v) is 5.59. The van der Waals surface area contributed by atoms with E-state index < -0.39 is 5.97 Å². The van der Waals surface area contributed by atoms with Crippen molar-refractivity contribution in [2.24, 2.45) is 5.92 Å². The van der Waals surface area contributed by atoms with Gasteiger partial charge in [-0.1, -0.05) is 30.3 Å². The van der Waals surface area contributed by atoms with Crippen LogP contribution in [0.2, 0.25) is 0 Å². The number of anilines is 1. The van der Waals surface area contributed by atoms with Gasteiger partial charge in [0.2, 0.25) is 0 Å². The van der Waals surface area contributed by atoms with Crippen molar-refractivity contribution < 1.29 is 9.90 Å². The molecule has 0 amide bonds. The standard InChI is InChI=1S/C18H17N3O2S/c22-18(23)13-6-8-21(9-7-13)16-14-10-15(12-4-2-1-3-5-12)24-17(14)20-11-19-16/h1-5,10-11,13H,6-9H2,(H,22,23)/p-1. The molecular formula is C18H16N3O2S-. The predicted octanol–water partition coefficient (Wildman–Crippen LogP) is 2.32. The van der Waals surface area contributed by atoms with Crippen LogP contribution < -0.4 is 10.0 Å². The maximum atomic E-state index is 11.0. The minimum atomic E-state index is -0.940. The lowest BCUT2D eigenvalue weighted by Crippen LogP contribution is -2.41.